The van der Waals surface area contributed by atoms with Crippen molar-refractivity contribution in [3.63, 3.8) is 0 Å². The molecule has 0 spiro atoms. The number of rotatable bonds is 7. The number of nitrogens with one attached hydrogen (secondary N) is 2. The molecule has 6 nitrogen and oxygen atoms in total. The fourth-order valence-electron chi connectivity index (χ4n) is 0.794. The number of ketones is 1. The summed E-state index contributed by atoms with van der Waals surface area (Å²) in [6.45, 7) is 14.0. The van der Waals surface area contributed by atoms with Crippen LogP contribution < -0.4 is 16.4 Å². The van der Waals surface area contributed by atoms with Crippen molar-refractivity contribution in [2.75, 3.05) is 19.6 Å². The average Bonchev–Trinajstić information content (AvgIpc) is 2.55. The summed E-state index contributed by atoms with van der Waals surface area (Å²) in [5, 5.41) is 4.75. The van der Waals surface area contributed by atoms with Gasteiger partial charge < -0.3 is 16.4 Å². The van der Waals surface area contributed by atoms with Crippen molar-refractivity contribution in [1.82, 2.24) is 10.6 Å². The van der Waals surface area contributed by atoms with Gasteiger partial charge in [-0.15, -0.1) is 0 Å². The SMILES string of the molecule is CC.CC.CCC(=O)NCC(=O)NCC(C)=O.CCCCN. The van der Waals surface area contributed by atoms with Gasteiger partial charge in [0.1, 0.15) is 5.78 Å². The molecule has 0 unspecified atom stereocenters. The van der Waals surface area contributed by atoms with E-state index in [4.69, 9.17) is 5.73 Å². The topological polar surface area (TPSA) is 101 Å². The second-order valence-electron chi connectivity index (χ2n) is 3.75. The molecule has 0 aromatic heterocycles. The second-order valence-corrected chi connectivity index (χ2v) is 3.75. The van der Waals surface area contributed by atoms with Crippen molar-refractivity contribution in [2.45, 2.75) is 67.7 Å². The molecule has 0 rings (SSSR count). The predicted molar refractivity (Wildman–Crippen MR) is 93.6 cm³/mol. The Morgan fingerprint density at radius 1 is 0.864 bits per heavy atom. The van der Waals surface area contributed by atoms with E-state index in [1.165, 1.54) is 19.8 Å². The first-order valence-electron chi connectivity index (χ1n) is 8.20. The lowest BCUT2D eigenvalue weighted by Gasteiger charge is -2.03. The molecule has 4 N–H and O–H groups in total. The van der Waals surface area contributed by atoms with Gasteiger partial charge in [-0.1, -0.05) is 48.0 Å². The first kappa shape index (κ1) is 28.7. The molecule has 0 radical (unpaired) electrons. The molecule has 0 aliphatic rings. The minimum absolute atomic E-state index is 0.0147. The van der Waals surface area contributed by atoms with E-state index in [1.54, 1.807) is 6.92 Å². The zero-order valence-electron chi connectivity index (χ0n) is 15.5. The predicted octanol–water partition coefficient (Wildman–Crippen LogP) is 2.02. The number of Topliss-reactive ketones (excluding diaryl/α,β-unsaturated/α-hetero) is 1. The number of hydrogen-bond donors (Lipinski definition) is 3. The summed E-state index contributed by atoms with van der Waals surface area (Å²) in [5.41, 5.74) is 5.14. The highest BCUT2D eigenvalue weighted by Gasteiger charge is 2.03. The van der Waals surface area contributed by atoms with Crippen LogP contribution in [0.25, 0.3) is 0 Å². The fourth-order valence-corrected chi connectivity index (χ4v) is 0.794. The van der Waals surface area contributed by atoms with Crippen molar-refractivity contribution >= 4 is 17.6 Å². The van der Waals surface area contributed by atoms with Gasteiger partial charge >= 0.3 is 0 Å². The lowest BCUT2D eigenvalue weighted by atomic mass is 10.3. The average molecular weight is 319 g/mol. The highest BCUT2D eigenvalue weighted by atomic mass is 16.2. The summed E-state index contributed by atoms with van der Waals surface area (Å²) in [5.74, 6) is -0.648. The van der Waals surface area contributed by atoms with Crippen LogP contribution in [0.3, 0.4) is 0 Å². The minimum Gasteiger partial charge on any atom is -0.348 e. The van der Waals surface area contributed by atoms with Gasteiger partial charge in [0.25, 0.3) is 0 Å². The summed E-state index contributed by atoms with van der Waals surface area (Å²) in [4.78, 5) is 32.0. The number of carbonyl (C=O) groups excluding carboxylic acids is 3. The molecule has 0 aromatic rings. The molecule has 0 saturated heterocycles. The Balaban J connectivity index is -0.000000150. The Morgan fingerprint density at radius 2 is 1.32 bits per heavy atom. The minimum atomic E-state index is -0.350. The van der Waals surface area contributed by atoms with Gasteiger partial charge in [-0.25, -0.2) is 0 Å². The Hall–Kier alpha value is -1.43. The third-order valence-electron chi connectivity index (χ3n) is 1.86. The van der Waals surface area contributed by atoms with E-state index in [1.807, 2.05) is 27.7 Å². The summed E-state index contributed by atoms with van der Waals surface area (Å²) >= 11 is 0. The van der Waals surface area contributed by atoms with Crippen LogP contribution in [0.5, 0.6) is 0 Å². The monoisotopic (exact) mass is 319 g/mol. The normalized spacial score (nSPS) is 7.82. The van der Waals surface area contributed by atoms with E-state index in [2.05, 4.69) is 17.6 Å². The molecule has 0 saturated carbocycles. The van der Waals surface area contributed by atoms with Gasteiger partial charge in [0.2, 0.25) is 11.8 Å². The molecular formula is C16H37N3O3. The van der Waals surface area contributed by atoms with Crippen molar-refractivity contribution in [3.8, 4) is 0 Å². The lowest BCUT2D eigenvalue weighted by molar-refractivity contribution is -0.126. The smallest absolute Gasteiger partial charge is 0.239 e. The molecule has 134 valence electrons. The van der Waals surface area contributed by atoms with Crippen molar-refractivity contribution < 1.29 is 14.4 Å². The Labute approximate surface area is 136 Å². The second kappa shape index (κ2) is 27.8. The van der Waals surface area contributed by atoms with Crippen molar-refractivity contribution in [3.05, 3.63) is 0 Å². The number of amides is 2. The van der Waals surface area contributed by atoms with E-state index >= 15 is 0 Å². The molecule has 0 fully saturated rings. The van der Waals surface area contributed by atoms with E-state index < -0.39 is 0 Å². The standard InChI is InChI=1S/C8H14N2O3.C4H11N.2C2H6/c1-3-7(12)10-5-8(13)9-4-6(2)11;1-2-3-4-5;2*1-2/h3-5H2,1-2H3,(H,9,13)(H,10,12);2-5H2,1H3;2*1-2H3. The van der Waals surface area contributed by atoms with Gasteiger partial charge in [0.15, 0.2) is 0 Å². The molecule has 22 heavy (non-hydrogen) atoms. The first-order valence-corrected chi connectivity index (χ1v) is 8.20. The summed E-state index contributed by atoms with van der Waals surface area (Å²) in [6, 6.07) is 0. The van der Waals surface area contributed by atoms with Gasteiger partial charge in [0.05, 0.1) is 13.1 Å². The summed E-state index contributed by atoms with van der Waals surface area (Å²) in [7, 11) is 0. The zero-order chi connectivity index (χ0) is 18.4. The fraction of sp³-hybridized carbons (Fsp3) is 0.812. The van der Waals surface area contributed by atoms with Crippen LogP contribution in [0.4, 0.5) is 0 Å². The third-order valence-corrected chi connectivity index (χ3v) is 1.86. The number of carbonyl (C=O) groups is 3. The van der Waals surface area contributed by atoms with E-state index in [0.29, 0.717) is 6.42 Å². The molecule has 6 heteroatoms. The molecular weight excluding hydrogens is 282 g/mol. The largest absolute Gasteiger partial charge is 0.348 e. The van der Waals surface area contributed by atoms with Crippen LogP contribution in [0.1, 0.15) is 67.7 Å². The maximum Gasteiger partial charge on any atom is 0.239 e. The lowest BCUT2D eigenvalue weighted by Crippen LogP contribution is -2.38. The molecule has 0 heterocycles. The van der Waals surface area contributed by atoms with Crippen LogP contribution >= 0.6 is 0 Å². The Bertz CT molecular complexity index is 255. The Kier molecular flexibility index (Phi) is 36.3. The van der Waals surface area contributed by atoms with Crippen molar-refractivity contribution in [2.24, 2.45) is 5.73 Å². The maximum absolute atomic E-state index is 10.9. The summed E-state index contributed by atoms with van der Waals surface area (Å²) < 4.78 is 0. The highest BCUT2D eigenvalue weighted by Crippen LogP contribution is 1.77. The molecule has 0 atom stereocenters. The highest BCUT2D eigenvalue weighted by molar-refractivity contribution is 5.87. The van der Waals surface area contributed by atoms with Crippen molar-refractivity contribution in [1.29, 1.82) is 0 Å². The van der Waals surface area contributed by atoms with Crippen LogP contribution in [0.2, 0.25) is 0 Å². The van der Waals surface area contributed by atoms with Crippen LogP contribution in [-0.4, -0.2) is 37.2 Å². The molecule has 0 aromatic carbocycles. The Morgan fingerprint density at radius 3 is 1.59 bits per heavy atom. The van der Waals surface area contributed by atoms with Gasteiger partial charge in [-0.05, 0) is 19.9 Å². The van der Waals surface area contributed by atoms with Crippen LogP contribution in [-0.2, 0) is 14.4 Å². The molecule has 0 bridgehead atoms. The first-order chi connectivity index (χ1) is 10.5. The zero-order valence-corrected chi connectivity index (χ0v) is 15.5. The third kappa shape index (κ3) is 36.3. The van der Waals surface area contributed by atoms with E-state index in [9.17, 15) is 14.4 Å². The number of hydrogen-bond acceptors (Lipinski definition) is 4. The van der Waals surface area contributed by atoms with Gasteiger partial charge in [-0.2, -0.15) is 0 Å². The molecule has 0 aliphatic heterocycles. The van der Waals surface area contributed by atoms with E-state index in [0.717, 1.165) is 6.54 Å². The van der Waals surface area contributed by atoms with E-state index in [-0.39, 0.29) is 30.7 Å². The number of nitrogens with two attached hydrogens (primary N) is 1. The molecule has 0 aliphatic carbocycles. The van der Waals surface area contributed by atoms with Crippen LogP contribution in [0.15, 0.2) is 0 Å². The summed E-state index contributed by atoms with van der Waals surface area (Å²) in [6.07, 6.45) is 2.73. The van der Waals surface area contributed by atoms with Gasteiger partial charge in [0, 0.05) is 6.42 Å². The quantitative estimate of drug-likeness (QED) is 0.668. The van der Waals surface area contributed by atoms with Crippen LogP contribution in [0, 0.1) is 0 Å². The van der Waals surface area contributed by atoms with Gasteiger partial charge in [-0.3, -0.25) is 14.4 Å². The maximum atomic E-state index is 10.9. The number of unbranched alkanes of at least 4 members (excludes halogenated alkanes) is 1. The molecule has 2 amide bonds.